The number of fused-ring (bicyclic) bond motifs is 1. The molecule has 164 valence electrons. The Kier molecular flexibility index (Phi) is 5.85. The van der Waals surface area contributed by atoms with Gasteiger partial charge in [-0.05, 0) is 48.6 Å². The lowest BCUT2D eigenvalue weighted by molar-refractivity contribution is 0.155. The Morgan fingerprint density at radius 3 is 2.48 bits per heavy atom. The Bertz CT molecular complexity index is 1220. The summed E-state index contributed by atoms with van der Waals surface area (Å²) in [5.74, 6) is 0.469. The second-order valence-electron chi connectivity index (χ2n) is 7.34. The number of rotatable bonds is 8. The molecule has 31 heavy (non-hydrogen) atoms. The maximum Gasteiger partial charge on any atom is 0.471 e. The molecule has 0 aliphatic heterocycles. The highest BCUT2D eigenvalue weighted by atomic mass is 31.2. The zero-order valence-corrected chi connectivity index (χ0v) is 17.5. The van der Waals surface area contributed by atoms with Crippen molar-refractivity contribution < 1.29 is 32.7 Å². The van der Waals surface area contributed by atoms with Gasteiger partial charge in [-0.1, -0.05) is 12.1 Å². The fourth-order valence-electron chi connectivity index (χ4n) is 3.29. The van der Waals surface area contributed by atoms with Gasteiger partial charge in [0, 0.05) is 11.8 Å². The van der Waals surface area contributed by atoms with Crippen molar-refractivity contribution in [2.24, 2.45) is 5.92 Å². The molecule has 1 aromatic heterocycles. The van der Waals surface area contributed by atoms with E-state index in [1.807, 2.05) is 0 Å². The molecular weight excluding hydrogens is 428 g/mol. The molecule has 0 amide bonds. The number of ether oxygens (including phenoxy) is 2. The number of hydrogen-bond donors (Lipinski definition) is 2. The highest BCUT2D eigenvalue weighted by Crippen LogP contribution is 2.38. The molecule has 1 saturated carbocycles. The minimum atomic E-state index is -4.82. The number of nitrogens with zero attached hydrogens (tertiary/aromatic N) is 1. The molecule has 2 N–H and O–H groups in total. The number of benzene rings is 2. The summed E-state index contributed by atoms with van der Waals surface area (Å²) in [6, 6.07) is 9.14. The zero-order valence-electron chi connectivity index (χ0n) is 16.7. The van der Waals surface area contributed by atoms with Crippen LogP contribution in [0.15, 0.2) is 47.4 Å². The predicted octanol–water partition coefficient (Wildman–Crippen LogP) is 3.67. The number of phosphoric acid groups is 1. The summed E-state index contributed by atoms with van der Waals surface area (Å²) in [4.78, 5) is 31.5. The van der Waals surface area contributed by atoms with Crippen LogP contribution in [-0.4, -0.2) is 28.1 Å². The molecule has 0 radical (unpaired) electrons. The van der Waals surface area contributed by atoms with Crippen molar-refractivity contribution in [2.75, 3.05) is 13.7 Å². The first-order valence-electron chi connectivity index (χ1n) is 9.60. The summed E-state index contributed by atoms with van der Waals surface area (Å²) in [5, 5.41) is -0.240. The van der Waals surface area contributed by atoms with Crippen LogP contribution in [0.1, 0.15) is 12.8 Å². The molecule has 8 nitrogen and oxygen atoms in total. The first-order chi connectivity index (χ1) is 14.8. The maximum atomic E-state index is 14.8. The van der Waals surface area contributed by atoms with Crippen LogP contribution in [0.5, 0.6) is 11.5 Å². The van der Waals surface area contributed by atoms with Gasteiger partial charge in [0.2, 0.25) is 0 Å². The highest BCUT2D eigenvalue weighted by molar-refractivity contribution is 7.46. The maximum absolute atomic E-state index is 14.8. The molecule has 2 aromatic carbocycles. The van der Waals surface area contributed by atoms with Crippen molar-refractivity contribution in [2.45, 2.75) is 19.6 Å². The van der Waals surface area contributed by atoms with Gasteiger partial charge >= 0.3 is 7.82 Å². The van der Waals surface area contributed by atoms with Crippen LogP contribution >= 0.6 is 7.82 Å². The molecular formula is C21H21FNO7P. The molecule has 0 atom stereocenters. The average Bonchev–Trinajstić information content (AvgIpc) is 3.56. The van der Waals surface area contributed by atoms with Gasteiger partial charge in [0.25, 0.3) is 0 Å². The van der Waals surface area contributed by atoms with Crippen molar-refractivity contribution in [1.29, 1.82) is 0 Å². The molecule has 0 unspecified atom stereocenters. The zero-order chi connectivity index (χ0) is 22.2. The van der Waals surface area contributed by atoms with E-state index in [2.05, 4.69) is 4.52 Å². The Morgan fingerprint density at radius 2 is 1.87 bits per heavy atom. The molecule has 0 bridgehead atoms. The monoisotopic (exact) mass is 449 g/mol. The smallest absolute Gasteiger partial charge is 0.471 e. The molecule has 1 heterocycles. The summed E-state index contributed by atoms with van der Waals surface area (Å²) >= 11 is 0. The van der Waals surface area contributed by atoms with Crippen LogP contribution < -0.4 is 14.9 Å². The lowest BCUT2D eigenvalue weighted by atomic mass is 10.0. The van der Waals surface area contributed by atoms with E-state index in [-0.39, 0.29) is 22.2 Å². The summed E-state index contributed by atoms with van der Waals surface area (Å²) in [6.07, 6.45) is 3.45. The Balaban J connectivity index is 1.90. The SMILES string of the molecule is COc1ccc(-c2cn(COP(=O)(O)O)c3c(OCC4CC4)ccc(F)c3c2=O)cc1. The molecule has 10 heteroatoms. The second-order valence-corrected chi connectivity index (χ2v) is 8.58. The Morgan fingerprint density at radius 1 is 1.16 bits per heavy atom. The van der Waals surface area contributed by atoms with Gasteiger partial charge in [-0.25, -0.2) is 8.96 Å². The Labute approximate surface area is 177 Å². The molecule has 3 aromatic rings. The van der Waals surface area contributed by atoms with E-state index in [9.17, 15) is 13.8 Å². The van der Waals surface area contributed by atoms with Gasteiger partial charge in [-0.15, -0.1) is 0 Å². The van der Waals surface area contributed by atoms with Gasteiger partial charge in [0.1, 0.15) is 24.0 Å². The van der Waals surface area contributed by atoms with Crippen molar-refractivity contribution >= 4 is 18.7 Å². The first-order valence-corrected chi connectivity index (χ1v) is 11.1. The number of phosphoric ester groups is 1. The fourth-order valence-corrected chi connectivity index (χ4v) is 3.56. The van der Waals surface area contributed by atoms with Crippen molar-refractivity contribution in [1.82, 2.24) is 4.57 Å². The third kappa shape index (κ3) is 4.80. The molecule has 1 fully saturated rings. The van der Waals surface area contributed by atoms with E-state index in [0.29, 0.717) is 23.8 Å². The van der Waals surface area contributed by atoms with Gasteiger partial charge in [-0.2, -0.15) is 0 Å². The standard InChI is InChI=1S/C21H21FNO7P/c1-28-15-6-4-14(5-7-15)16-10-23(12-30-31(25,26)27)20-18(29-11-13-2-3-13)9-8-17(22)19(20)21(16)24/h4-10,13H,2-3,11-12H2,1H3,(H2,25,26,27). The third-order valence-corrected chi connectivity index (χ3v) is 5.52. The van der Waals surface area contributed by atoms with Crippen molar-refractivity contribution in [3.05, 3.63) is 58.6 Å². The summed E-state index contributed by atoms with van der Waals surface area (Å²) < 4.78 is 43.0. The topological polar surface area (TPSA) is 107 Å². The van der Waals surface area contributed by atoms with E-state index in [0.717, 1.165) is 18.9 Å². The molecule has 0 saturated heterocycles. The molecule has 1 aliphatic carbocycles. The number of pyridine rings is 1. The van der Waals surface area contributed by atoms with E-state index in [1.165, 1.54) is 23.9 Å². The van der Waals surface area contributed by atoms with E-state index < -0.39 is 25.8 Å². The van der Waals surface area contributed by atoms with Gasteiger partial charge < -0.3 is 23.8 Å². The fraction of sp³-hybridized carbons (Fsp3) is 0.286. The first kappa shape index (κ1) is 21.5. The number of hydrogen-bond acceptors (Lipinski definition) is 5. The average molecular weight is 449 g/mol. The summed E-state index contributed by atoms with van der Waals surface area (Å²) in [6.45, 7) is -0.193. The van der Waals surface area contributed by atoms with Crippen LogP contribution in [0, 0.1) is 11.7 Å². The van der Waals surface area contributed by atoms with Crippen LogP contribution in [-0.2, 0) is 15.8 Å². The molecule has 0 spiro atoms. The largest absolute Gasteiger partial charge is 0.497 e. The number of methoxy groups -OCH3 is 1. The quantitative estimate of drug-likeness (QED) is 0.506. The van der Waals surface area contributed by atoms with Gasteiger partial charge in [0.15, 0.2) is 5.43 Å². The summed E-state index contributed by atoms with van der Waals surface area (Å²) in [7, 11) is -3.31. The van der Waals surface area contributed by atoms with Gasteiger partial charge in [0.05, 0.1) is 24.6 Å². The van der Waals surface area contributed by atoms with Crippen LogP contribution in [0.4, 0.5) is 4.39 Å². The van der Waals surface area contributed by atoms with Gasteiger partial charge in [-0.3, -0.25) is 9.32 Å². The van der Waals surface area contributed by atoms with Crippen LogP contribution in [0.3, 0.4) is 0 Å². The lowest BCUT2D eigenvalue weighted by Crippen LogP contribution is -2.16. The normalized spacial score (nSPS) is 14.1. The van der Waals surface area contributed by atoms with E-state index in [1.54, 1.807) is 24.3 Å². The molecule has 1 aliphatic rings. The number of halogens is 1. The van der Waals surface area contributed by atoms with E-state index >= 15 is 0 Å². The Hall–Kier alpha value is -2.71. The second kappa shape index (κ2) is 8.43. The molecule has 4 rings (SSSR count). The van der Waals surface area contributed by atoms with Crippen LogP contribution in [0.25, 0.3) is 22.0 Å². The summed E-state index contributed by atoms with van der Waals surface area (Å²) in [5.41, 5.74) is 0.141. The van der Waals surface area contributed by atoms with Crippen molar-refractivity contribution in [3.63, 3.8) is 0 Å². The number of aromatic nitrogens is 1. The minimum absolute atomic E-state index is 0.0800. The highest BCUT2D eigenvalue weighted by Gasteiger charge is 2.24. The van der Waals surface area contributed by atoms with Crippen LogP contribution in [0.2, 0.25) is 0 Å². The van der Waals surface area contributed by atoms with E-state index in [4.69, 9.17) is 19.3 Å². The van der Waals surface area contributed by atoms with Crippen molar-refractivity contribution in [3.8, 4) is 22.6 Å². The predicted molar refractivity (Wildman–Crippen MR) is 112 cm³/mol. The third-order valence-electron chi connectivity index (χ3n) is 5.07. The minimum Gasteiger partial charge on any atom is -0.497 e. The lowest BCUT2D eigenvalue weighted by Gasteiger charge is -2.18.